The maximum absolute atomic E-state index is 11.3. The lowest BCUT2D eigenvalue weighted by Gasteiger charge is -2.11. The van der Waals surface area contributed by atoms with Crippen LogP contribution in [0.1, 0.15) is 17.4 Å². The predicted octanol–water partition coefficient (Wildman–Crippen LogP) is 1.61. The van der Waals surface area contributed by atoms with Crippen LogP contribution in [0.15, 0.2) is 36.9 Å². The highest BCUT2D eigenvalue weighted by Gasteiger charge is 2.13. The molecule has 0 spiro atoms. The van der Waals surface area contributed by atoms with Crippen LogP contribution in [0.5, 0.6) is 5.75 Å². The Hall–Kier alpha value is -2.27. The number of carbonyl (C=O) groups excluding carboxylic acids is 1. The molecule has 0 aliphatic rings. The lowest BCUT2D eigenvalue weighted by atomic mass is 10.2. The molecule has 0 aliphatic carbocycles. The molecule has 0 radical (unpaired) electrons. The molecule has 0 fully saturated rings. The molecule has 5 nitrogen and oxygen atoms in total. The van der Waals surface area contributed by atoms with Crippen LogP contribution in [0, 0.1) is 0 Å². The van der Waals surface area contributed by atoms with Gasteiger partial charge in [-0.15, -0.1) is 0 Å². The average molecular weight is 288 g/mol. The quantitative estimate of drug-likeness (QED) is 0.547. The van der Waals surface area contributed by atoms with E-state index in [9.17, 15) is 9.90 Å². The van der Waals surface area contributed by atoms with Crippen molar-refractivity contribution in [3.05, 3.63) is 42.6 Å². The first-order valence-electron chi connectivity index (χ1n) is 6.84. The average Bonchev–Trinajstić information content (AvgIpc) is 2.85. The third-order valence-corrected chi connectivity index (χ3v) is 3.13. The Kier molecular flexibility index (Phi) is 5.00. The summed E-state index contributed by atoms with van der Waals surface area (Å²) in [6, 6.07) is 7.07. The predicted molar refractivity (Wildman–Crippen MR) is 78.5 cm³/mol. The van der Waals surface area contributed by atoms with E-state index in [4.69, 9.17) is 9.47 Å². The number of carbonyl (C=O) groups is 1. The Morgan fingerprint density at radius 2 is 2.29 bits per heavy atom. The Morgan fingerprint density at radius 1 is 1.48 bits per heavy atom. The molecule has 2 rings (SSSR count). The second-order valence-corrected chi connectivity index (χ2v) is 4.45. The van der Waals surface area contributed by atoms with Crippen LogP contribution in [0.2, 0.25) is 0 Å². The highest BCUT2D eigenvalue weighted by Crippen LogP contribution is 2.29. The fourth-order valence-corrected chi connectivity index (χ4v) is 2.24. The zero-order valence-electron chi connectivity index (χ0n) is 12.0. The van der Waals surface area contributed by atoms with E-state index in [-0.39, 0.29) is 5.69 Å². The maximum Gasteiger partial charge on any atom is 0.129 e. The molecule has 0 saturated carbocycles. The van der Waals surface area contributed by atoms with Gasteiger partial charge >= 0.3 is 0 Å². The van der Waals surface area contributed by atoms with E-state index in [1.54, 1.807) is 22.8 Å². The lowest BCUT2D eigenvalue weighted by molar-refractivity contribution is -0.255. The van der Waals surface area contributed by atoms with Crippen molar-refractivity contribution in [2.24, 2.45) is 0 Å². The number of hydrogen-bond donors (Lipinski definition) is 0. The van der Waals surface area contributed by atoms with Crippen molar-refractivity contribution in [3.8, 4) is 5.75 Å². The lowest BCUT2D eigenvalue weighted by Crippen LogP contribution is -2.26. The highest BCUT2D eigenvalue weighted by molar-refractivity contribution is 5.96. The largest absolute Gasteiger partial charge is 0.543 e. The summed E-state index contributed by atoms with van der Waals surface area (Å²) in [5.74, 6) is -0.581. The van der Waals surface area contributed by atoms with Crippen molar-refractivity contribution in [3.63, 3.8) is 0 Å². The van der Waals surface area contributed by atoms with Crippen molar-refractivity contribution < 1.29 is 19.4 Å². The van der Waals surface area contributed by atoms with Gasteiger partial charge in [0, 0.05) is 18.5 Å². The van der Waals surface area contributed by atoms with Crippen LogP contribution in [-0.4, -0.2) is 30.4 Å². The molecular formula is C16H18NO4-. The minimum Gasteiger partial charge on any atom is -0.543 e. The zero-order chi connectivity index (χ0) is 15.2. The van der Waals surface area contributed by atoms with Crippen molar-refractivity contribution in [1.29, 1.82) is 0 Å². The summed E-state index contributed by atoms with van der Waals surface area (Å²) < 4.78 is 12.6. The van der Waals surface area contributed by atoms with E-state index in [0.29, 0.717) is 32.1 Å². The smallest absolute Gasteiger partial charge is 0.129 e. The number of carboxylic acids is 1. The Labute approximate surface area is 123 Å². The normalized spacial score (nSPS) is 10.7. The van der Waals surface area contributed by atoms with Crippen molar-refractivity contribution in [2.45, 2.75) is 13.5 Å². The van der Waals surface area contributed by atoms with Gasteiger partial charge in [-0.05, 0) is 25.1 Å². The number of carboxylic acid groups (broad SMARTS) is 1. The van der Waals surface area contributed by atoms with Crippen LogP contribution < -0.4 is 9.84 Å². The molecule has 1 heterocycles. The fourth-order valence-electron chi connectivity index (χ4n) is 2.24. The number of fused-ring (bicyclic) bond motifs is 1. The zero-order valence-corrected chi connectivity index (χ0v) is 12.0. The number of hydrogen-bond acceptors (Lipinski definition) is 4. The molecule has 0 atom stereocenters. The van der Waals surface area contributed by atoms with Crippen LogP contribution in [0.25, 0.3) is 10.9 Å². The van der Waals surface area contributed by atoms with E-state index in [1.807, 2.05) is 19.1 Å². The minimum absolute atomic E-state index is 0.124. The first-order valence-corrected chi connectivity index (χ1v) is 6.84. The Morgan fingerprint density at radius 3 is 2.95 bits per heavy atom. The van der Waals surface area contributed by atoms with Crippen molar-refractivity contribution in [1.82, 2.24) is 4.57 Å². The van der Waals surface area contributed by atoms with Gasteiger partial charge in [-0.2, -0.15) is 0 Å². The Balaban J connectivity index is 2.46. The Bertz CT molecular complexity index is 645. The number of nitrogens with zero attached hydrogens (tertiary/aromatic N) is 1. The summed E-state index contributed by atoms with van der Waals surface area (Å²) in [6.45, 7) is 7.35. The van der Waals surface area contributed by atoms with E-state index in [2.05, 4.69) is 6.58 Å². The summed E-state index contributed by atoms with van der Waals surface area (Å²) in [5.41, 5.74) is 0.912. The van der Waals surface area contributed by atoms with Gasteiger partial charge < -0.3 is 23.9 Å². The van der Waals surface area contributed by atoms with Gasteiger partial charge in [0.1, 0.15) is 12.4 Å². The molecule has 1 aromatic carbocycles. The summed E-state index contributed by atoms with van der Waals surface area (Å²) in [4.78, 5) is 11.3. The molecule has 1 aromatic heterocycles. The second kappa shape index (κ2) is 6.95. The number of rotatable bonds is 8. The summed E-state index contributed by atoms with van der Waals surface area (Å²) in [7, 11) is 0. The number of aromatic carboxylic acids is 1. The third-order valence-electron chi connectivity index (χ3n) is 3.13. The molecule has 0 unspecified atom stereocenters. The van der Waals surface area contributed by atoms with Gasteiger partial charge in [-0.3, -0.25) is 0 Å². The highest BCUT2D eigenvalue weighted by atomic mass is 16.5. The molecule has 0 aliphatic heterocycles. The van der Waals surface area contributed by atoms with Crippen LogP contribution in [-0.2, 0) is 11.3 Å². The molecule has 0 N–H and O–H groups in total. The van der Waals surface area contributed by atoms with Crippen LogP contribution in [0.3, 0.4) is 0 Å². The molecule has 5 heteroatoms. The first-order chi connectivity index (χ1) is 10.2. The summed E-state index contributed by atoms with van der Waals surface area (Å²) in [5, 5.41) is 12.1. The van der Waals surface area contributed by atoms with E-state index in [1.165, 1.54) is 0 Å². The SMILES string of the molecule is C=CCOc1cccc2c1cc(C(=O)[O-])n2CCOCC. The summed E-state index contributed by atoms with van der Waals surface area (Å²) >= 11 is 0. The molecule has 0 saturated heterocycles. The molecule has 112 valence electrons. The summed E-state index contributed by atoms with van der Waals surface area (Å²) in [6.07, 6.45) is 1.64. The van der Waals surface area contributed by atoms with Gasteiger partial charge in [0.15, 0.2) is 0 Å². The second-order valence-electron chi connectivity index (χ2n) is 4.45. The van der Waals surface area contributed by atoms with Gasteiger partial charge in [0.25, 0.3) is 0 Å². The fraction of sp³-hybridized carbons (Fsp3) is 0.312. The van der Waals surface area contributed by atoms with E-state index < -0.39 is 5.97 Å². The van der Waals surface area contributed by atoms with E-state index in [0.717, 1.165) is 10.9 Å². The minimum atomic E-state index is -1.21. The van der Waals surface area contributed by atoms with Crippen molar-refractivity contribution in [2.75, 3.05) is 19.8 Å². The van der Waals surface area contributed by atoms with Crippen LogP contribution in [0.4, 0.5) is 0 Å². The molecule has 0 bridgehead atoms. The number of ether oxygens (including phenoxy) is 2. The monoisotopic (exact) mass is 288 g/mol. The topological polar surface area (TPSA) is 63.5 Å². The number of aromatic nitrogens is 1. The standard InChI is InChI=1S/C16H19NO4/c1-3-9-21-15-7-5-6-13-12(15)11-14(16(18)19)17(13)8-10-20-4-2/h3,5-7,11H,1,4,8-10H2,2H3,(H,18,19)/p-1. The first kappa shape index (κ1) is 15.1. The van der Waals surface area contributed by atoms with Crippen molar-refractivity contribution >= 4 is 16.9 Å². The van der Waals surface area contributed by atoms with Crippen LogP contribution >= 0.6 is 0 Å². The molecule has 2 aromatic rings. The third kappa shape index (κ3) is 3.25. The van der Waals surface area contributed by atoms with Gasteiger partial charge in [-0.1, -0.05) is 18.7 Å². The van der Waals surface area contributed by atoms with Gasteiger partial charge in [0.05, 0.1) is 23.8 Å². The molecule has 21 heavy (non-hydrogen) atoms. The maximum atomic E-state index is 11.3. The van der Waals surface area contributed by atoms with Gasteiger partial charge in [0.2, 0.25) is 0 Å². The molecule has 0 amide bonds. The van der Waals surface area contributed by atoms with E-state index >= 15 is 0 Å². The molecular weight excluding hydrogens is 270 g/mol. The number of benzene rings is 1. The van der Waals surface area contributed by atoms with Gasteiger partial charge in [-0.25, -0.2) is 0 Å².